The van der Waals surface area contributed by atoms with Crippen molar-refractivity contribution in [2.24, 2.45) is 10.9 Å². The number of carbonyl (C=O) groups excluding carboxylic acids is 1. The summed E-state index contributed by atoms with van der Waals surface area (Å²) in [6.07, 6.45) is 0.434. The molecule has 2 N–H and O–H groups in total. The predicted molar refractivity (Wildman–Crippen MR) is 115 cm³/mol. The van der Waals surface area contributed by atoms with Crippen molar-refractivity contribution in [1.82, 2.24) is 15.5 Å². The normalized spacial score (nSPS) is 11.0. The molecule has 136 valence electrons. The Balaban J connectivity index is 0.00000529. The van der Waals surface area contributed by atoms with E-state index in [-0.39, 0.29) is 29.9 Å². The van der Waals surface area contributed by atoms with Crippen LogP contribution in [0.15, 0.2) is 33.7 Å². The van der Waals surface area contributed by atoms with Gasteiger partial charge in [0.2, 0.25) is 5.91 Å². The number of aliphatic imine (C=N–C) groups is 1. The third-order valence-electron chi connectivity index (χ3n) is 3.32. The summed E-state index contributed by atoms with van der Waals surface area (Å²) >= 11 is 3.51. The van der Waals surface area contributed by atoms with Crippen LogP contribution in [-0.4, -0.2) is 44.0 Å². The Labute approximate surface area is 170 Å². The van der Waals surface area contributed by atoms with E-state index >= 15 is 0 Å². The predicted octanol–water partition coefficient (Wildman–Crippen LogP) is 3.24. The maximum Gasteiger partial charge on any atom is 0.224 e. The van der Waals surface area contributed by atoms with Crippen LogP contribution in [0.3, 0.4) is 0 Å². The fraction of sp³-hybridized carbons (Fsp3) is 0.529. The van der Waals surface area contributed by atoms with E-state index in [9.17, 15) is 4.79 Å². The minimum absolute atomic E-state index is 0. The van der Waals surface area contributed by atoms with Gasteiger partial charge in [0.1, 0.15) is 0 Å². The van der Waals surface area contributed by atoms with Crippen molar-refractivity contribution < 1.29 is 4.79 Å². The number of amides is 1. The van der Waals surface area contributed by atoms with Crippen LogP contribution >= 0.6 is 39.9 Å². The number of benzene rings is 1. The van der Waals surface area contributed by atoms with E-state index in [0.29, 0.717) is 25.4 Å². The van der Waals surface area contributed by atoms with Gasteiger partial charge in [0.25, 0.3) is 0 Å². The summed E-state index contributed by atoms with van der Waals surface area (Å²) in [5.41, 5.74) is 1.10. The fourth-order valence-electron chi connectivity index (χ4n) is 1.97. The summed E-state index contributed by atoms with van der Waals surface area (Å²) in [5, 5.41) is 6.39. The Hall–Kier alpha value is -0.830. The third kappa shape index (κ3) is 8.86. The van der Waals surface area contributed by atoms with Crippen molar-refractivity contribution in [2.45, 2.75) is 26.8 Å². The first kappa shape index (κ1) is 23.2. The van der Waals surface area contributed by atoms with Crippen molar-refractivity contribution in [2.75, 3.05) is 27.2 Å². The lowest BCUT2D eigenvalue weighted by molar-refractivity contribution is -0.130. The summed E-state index contributed by atoms with van der Waals surface area (Å²) in [5.74, 6) is 1.39. The van der Waals surface area contributed by atoms with Crippen LogP contribution in [0, 0.1) is 5.92 Å². The standard InChI is InChI=1S/C17H27BrN4O.HI/c1-13(2)11-21-17(19-3)20-10-9-16(23)22(4)12-14-7-5-6-8-15(14)18;/h5-8,13H,9-12H2,1-4H3,(H2,19,20,21);1H. The lowest BCUT2D eigenvalue weighted by Crippen LogP contribution is -2.40. The second-order valence-electron chi connectivity index (χ2n) is 5.86. The molecular weight excluding hydrogens is 483 g/mol. The van der Waals surface area contributed by atoms with Gasteiger partial charge in [-0.2, -0.15) is 0 Å². The second-order valence-corrected chi connectivity index (χ2v) is 6.72. The van der Waals surface area contributed by atoms with Gasteiger partial charge in [-0.05, 0) is 17.5 Å². The number of hydrogen-bond acceptors (Lipinski definition) is 2. The minimum atomic E-state index is 0. The van der Waals surface area contributed by atoms with E-state index in [0.717, 1.165) is 22.5 Å². The Morgan fingerprint density at radius 3 is 2.54 bits per heavy atom. The molecule has 5 nitrogen and oxygen atoms in total. The zero-order chi connectivity index (χ0) is 17.2. The Morgan fingerprint density at radius 2 is 1.96 bits per heavy atom. The van der Waals surface area contributed by atoms with E-state index in [1.165, 1.54) is 0 Å². The molecule has 1 aromatic rings. The second kappa shape index (κ2) is 12.5. The maximum absolute atomic E-state index is 12.2. The van der Waals surface area contributed by atoms with Crippen LogP contribution in [0.4, 0.5) is 0 Å². The quantitative estimate of drug-likeness (QED) is 0.336. The van der Waals surface area contributed by atoms with Gasteiger partial charge in [0.05, 0.1) is 0 Å². The molecule has 0 atom stereocenters. The third-order valence-corrected chi connectivity index (χ3v) is 4.10. The number of carbonyl (C=O) groups is 1. The van der Waals surface area contributed by atoms with Crippen molar-refractivity contribution in [1.29, 1.82) is 0 Å². The Bertz CT molecular complexity index is 537. The highest BCUT2D eigenvalue weighted by Crippen LogP contribution is 2.17. The topological polar surface area (TPSA) is 56.7 Å². The van der Waals surface area contributed by atoms with Crippen LogP contribution in [0.25, 0.3) is 0 Å². The Kier molecular flexibility index (Phi) is 12.1. The van der Waals surface area contributed by atoms with Gasteiger partial charge in [-0.15, -0.1) is 24.0 Å². The summed E-state index contributed by atoms with van der Waals surface area (Å²) in [7, 11) is 3.56. The van der Waals surface area contributed by atoms with Crippen molar-refractivity contribution in [3.8, 4) is 0 Å². The highest BCUT2D eigenvalue weighted by molar-refractivity contribution is 14.0. The van der Waals surface area contributed by atoms with E-state index in [1.807, 2.05) is 31.3 Å². The molecule has 0 aliphatic carbocycles. The highest BCUT2D eigenvalue weighted by Gasteiger charge is 2.11. The molecule has 1 aromatic carbocycles. The molecule has 0 fully saturated rings. The molecule has 7 heteroatoms. The molecule has 24 heavy (non-hydrogen) atoms. The maximum atomic E-state index is 12.2. The molecule has 0 heterocycles. The summed E-state index contributed by atoms with van der Waals surface area (Å²) in [6, 6.07) is 7.95. The van der Waals surface area contributed by atoms with Gasteiger partial charge in [0, 0.05) is 44.6 Å². The van der Waals surface area contributed by atoms with Crippen molar-refractivity contribution in [3.63, 3.8) is 0 Å². The molecule has 0 spiro atoms. The largest absolute Gasteiger partial charge is 0.356 e. The van der Waals surface area contributed by atoms with Gasteiger partial charge in [0.15, 0.2) is 5.96 Å². The smallest absolute Gasteiger partial charge is 0.224 e. The fourth-order valence-corrected chi connectivity index (χ4v) is 2.38. The Morgan fingerprint density at radius 1 is 1.29 bits per heavy atom. The van der Waals surface area contributed by atoms with Gasteiger partial charge >= 0.3 is 0 Å². The lowest BCUT2D eigenvalue weighted by Gasteiger charge is -2.19. The van der Waals surface area contributed by atoms with Crippen LogP contribution in [-0.2, 0) is 11.3 Å². The summed E-state index contributed by atoms with van der Waals surface area (Å²) in [4.78, 5) is 18.1. The van der Waals surface area contributed by atoms with Gasteiger partial charge < -0.3 is 15.5 Å². The first-order valence-corrected chi connectivity index (χ1v) is 8.65. The number of guanidine groups is 1. The molecule has 0 aliphatic rings. The van der Waals surface area contributed by atoms with Crippen LogP contribution < -0.4 is 10.6 Å². The zero-order valence-electron chi connectivity index (χ0n) is 14.8. The lowest BCUT2D eigenvalue weighted by atomic mass is 10.2. The van der Waals surface area contributed by atoms with Crippen LogP contribution in [0.5, 0.6) is 0 Å². The van der Waals surface area contributed by atoms with Crippen molar-refractivity contribution >= 4 is 51.8 Å². The minimum Gasteiger partial charge on any atom is -0.356 e. The molecule has 0 saturated heterocycles. The van der Waals surface area contributed by atoms with Crippen molar-refractivity contribution in [3.05, 3.63) is 34.3 Å². The van der Waals surface area contributed by atoms with E-state index in [2.05, 4.69) is 45.4 Å². The SMILES string of the molecule is CN=C(NCCC(=O)N(C)Cc1ccccc1Br)NCC(C)C.I. The monoisotopic (exact) mass is 510 g/mol. The molecular formula is C17H28BrIN4O. The first-order valence-electron chi connectivity index (χ1n) is 7.86. The van der Waals surface area contributed by atoms with E-state index < -0.39 is 0 Å². The highest BCUT2D eigenvalue weighted by atomic mass is 127. The molecule has 0 unspecified atom stereocenters. The first-order chi connectivity index (χ1) is 10.9. The molecule has 0 radical (unpaired) electrons. The number of nitrogens with zero attached hydrogens (tertiary/aromatic N) is 2. The number of halogens is 2. The van der Waals surface area contributed by atoms with E-state index in [4.69, 9.17) is 0 Å². The molecule has 0 saturated carbocycles. The van der Waals surface area contributed by atoms with Gasteiger partial charge in [-0.25, -0.2) is 0 Å². The average molecular weight is 511 g/mol. The molecule has 0 aliphatic heterocycles. The molecule has 0 aromatic heterocycles. The van der Waals surface area contributed by atoms with Gasteiger partial charge in [-0.1, -0.05) is 48.0 Å². The zero-order valence-corrected chi connectivity index (χ0v) is 18.7. The summed E-state index contributed by atoms with van der Waals surface area (Å²) < 4.78 is 1.02. The molecule has 0 bridgehead atoms. The number of nitrogens with one attached hydrogen (secondary N) is 2. The number of hydrogen-bond donors (Lipinski definition) is 2. The van der Waals surface area contributed by atoms with Crippen LogP contribution in [0.2, 0.25) is 0 Å². The molecule has 1 rings (SSSR count). The number of rotatable bonds is 7. The average Bonchev–Trinajstić information content (AvgIpc) is 2.52. The summed E-state index contributed by atoms with van der Waals surface area (Å²) in [6.45, 7) is 6.30. The van der Waals surface area contributed by atoms with E-state index in [1.54, 1.807) is 11.9 Å². The van der Waals surface area contributed by atoms with Gasteiger partial charge in [-0.3, -0.25) is 9.79 Å². The molecule has 1 amide bonds. The van der Waals surface area contributed by atoms with Crippen LogP contribution in [0.1, 0.15) is 25.8 Å².